The summed E-state index contributed by atoms with van der Waals surface area (Å²) in [5.41, 5.74) is 1.54. The minimum absolute atomic E-state index is 0.0381. The van der Waals surface area contributed by atoms with Gasteiger partial charge in [0.1, 0.15) is 23.0 Å². The number of nitrogens with zero attached hydrogens (tertiary/aromatic N) is 4. The molecule has 0 unspecified atom stereocenters. The standard InChI is InChI=1S/C20H21N5O3S/c1-28-19(27)16(17-21-13-4-2-3-5-14(13)22-17)15(26)10-29-20-24-23-18(11-6-7-11)25(20)12-8-9-12/h2-5,11-12,26H,6-10H2,1H3,(H,21,22)/b16-15+. The second-order valence-corrected chi connectivity index (χ2v) is 8.36. The molecule has 2 aliphatic carbocycles. The first-order chi connectivity index (χ1) is 14.2. The first-order valence-corrected chi connectivity index (χ1v) is 10.7. The number of hydrogen-bond acceptors (Lipinski definition) is 7. The van der Waals surface area contributed by atoms with Gasteiger partial charge in [-0.2, -0.15) is 0 Å². The normalized spacial score (nSPS) is 17.4. The van der Waals surface area contributed by atoms with Gasteiger partial charge in [0.05, 0.1) is 23.9 Å². The van der Waals surface area contributed by atoms with E-state index in [0.29, 0.717) is 23.3 Å². The predicted molar refractivity (Wildman–Crippen MR) is 109 cm³/mol. The molecule has 0 radical (unpaired) electrons. The molecule has 0 atom stereocenters. The van der Waals surface area contributed by atoms with Crippen molar-refractivity contribution in [2.45, 2.75) is 42.8 Å². The van der Waals surface area contributed by atoms with Gasteiger partial charge in [0.15, 0.2) is 5.16 Å². The Kier molecular flexibility index (Phi) is 4.54. The molecule has 1 aromatic carbocycles. The molecule has 2 heterocycles. The zero-order valence-electron chi connectivity index (χ0n) is 16.0. The molecule has 9 heteroatoms. The van der Waals surface area contributed by atoms with Crippen molar-refractivity contribution in [2.75, 3.05) is 12.9 Å². The highest BCUT2D eigenvalue weighted by Gasteiger charge is 2.36. The fourth-order valence-corrected chi connectivity index (χ4v) is 4.30. The molecular weight excluding hydrogens is 390 g/mol. The van der Waals surface area contributed by atoms with E-state index >= 15 is 0 Å². The molecule has 29 heavy (non-hydrogen) atoms. The van der Waals surface area contributed by atoms with E-state index in [1.54, 1.807) is 0 Å². The van der Waals surface area contributed by atoms with Gasteiger partial charge in [0, 0.05) is 12.0 Å². The number of esters is 1. The fourth-order valence-electron chi connectivity index (χ4n) is 3.41. The molecule has 3 aromatic rings. The van der Waals surface area contributed by atoms with Gasteiger partial charge in [-0.1, -0.05) is 23.9 Å². The summed E-state index contributed by atoms with van der Waals surface area (Å²) in [4.78, 5) is 19.9. The predicted octanol–water partition coefficient (Wildman–Crippen LogP) is 3.60. The Balaban J connectivity index is 1.44. The van der Waals surface area contributed by atoms with E-state index < -0.39 is 5.97 Å². The number of aliphatic hydroxyl groups is 1. The summed E-state index contributed by atoms with van der Waals surface area (Å²) in [5.74, 6) is 1.31. The minimum Gasteiger partial charge on any atom is -0.510 e. The highest BCUT2D eigenvalue weighted by Crippen LogP contribution is 2.46. The van der Waals surface area contributed by atoms with Gasteiger partial charge in [0.2, 0.25) is 0 Å². The summed E-state index contributed by atoms with van der Waals surface area (Å²) in [6.07, 6.45) is 4.61. The van der Waals surface area contributed by atoms with Crippen LogP contribution in [-0.4, -0.2) is 48.7 Å². The van der Waals surface area contributed by atoms with E-state index in [1.807, 2.05) is 24.3 Å². The van der Waals surface area contributed by atoms with E-state index in [-0.39, 0.29) is 17.1 Å². The average Bonchev–Trinajstić information content (AvgIpc) is 3.66. The Labute approximate surface area is 171 Å². The quantitative estimate of drug-likeness (QED) is 0.265. The third-order valence-electron chi connectivity index (χ3n) is 5.19. The number of ether oxygens (including phenoxy) is 1. The molecule has 2 aromatic heterocycles. The number of para-hydroxylation sites is 2. The number of aliphatic hydroxyl groups excluding tert-OH is 1. The van der Waals surface area contributed by atoms with E-state index in [1.165, 1.54) is 31.7 Å². The molecule has 8 nitrogen and oxygen atoms in total. The average molecular weight is 411 g/mol. The lowest BCUT2D eigenvalue weighted by Gasteiger charge is -2.09. The number of nitrogens with one attached hydrogen (secondary N) is 1. The monoisotopic (exact) mass is 411 g/mol. The first kappa shape index (κ1) is 18.2. The Hall–Kier alpha value is -2.81. The van der Waals surface area contributed by atoms with E-state index in [2.05, 4.69) is 24.7 Å². The van der Waals surface area contributed by atoms with Gasteiger partial charge < -0.3 is 19.4 Å². The molecule has 2 aliphatic rings. The van der Waals surface area contributed by atoms with Crippen LogP contribution in [0.25, 0.3) is 16.6 Å². The summed E-state index contributed by atoms with van der Waals surface area (Å²) in [6, 6.07) is 7.91. The van der Waals surface area contributed by atoms with Crippen molar-refractivity contribution in [3.05, 3.63) is 41.7 Å². The zero-order chi connectivity index (χ0) is 20.0. The number of rotatable bonds is 7. The van der Waals surface area contributed by atoms with Crippen molar-refractivity contribution in [3.63, 3.8) is 0 Å². The molecule has 2 fully saturated rings. The molecule has 2 saturated carbocycles. The molecule has 5 rings (SSSR count). The highest BCUT2D eigenvalue weighted by atomic mass is 32.2. The number of benzene rings is 1. The largest absolute Gasteiger partial charge is 0.510 e. The van der Waals surface area contributed by atoms with E-state index in [9.17, 15) is 9.90 Å². The van der Waals surface area contributed by atoms with Gasteiger partial charge in [-0.05, 0) is 37.8 Å². The summed E-state index contributed by atoms with van der Waals surface area (Å²) >= 11 is 1.38. The van der Waals surface area contributed by atoms with Crippen LogP contribution in [-0.2, 0) is 9.53 Å². The van der Waals surface area contributed by atoms with Crippen molar-refractivity contribution >= 4 is 34.3 Å². The summed E-state index contributed by atoms with van der Waals surface area (Å²) in [6.45, 7) is 0. The lowest BCUT2D eigenvalue weighted by molar-refractivity contribution is -0.133. The Morgan fingerprint density at radius 2 is 2.07 bits per heavy atom. The SMILES string of the molecule is COC(=O)/C(=C(/O)CSc1nnc(C2CC2)n1C1CC1)c1nc2ccccc2[nH]1. The van der Waals surface area contributed by atoms with Gasteiger partial charge in [0.25, 0.3) is 0 Å². The van der Waals surface area contributed by atoms with Gasteiger partial charge in [-0.15, -0.1) is 10.2 Å². The van der Waals surface area contributed by atoms with Crippen LogP contribution in [0, 0.1) is 0 Å². The van der Waals surface area contributed by atoms with Gasteiger partial charge >= 0.3 is 5.97 Å². The Bertz CT molecular complexity index is 1080. The number of carbonyl (C=O) groups is 1. The van der Waals surface area contributed by atoms with Crippen molar-refractivity contribution in [1.29, 1.82) is 0 Å². The third-order valence-corrected chi connectivity index (χ3v) is 6.14. The van der Waals surface area contributed by atoms with E-state index in [0.717, 1.165) is 29.3 Å². The molecule has 0 amide bonds. The van der Waals surface area contributed by atoms with Crippen molar-refractivity contribution in [3.8, 4) is 0 Å². The number of hydrogen-bond donors (Lipinski definition) is 2. The Morgan fingerprint density at radius 3 is 2.76 bits per heavy atom. The van der Waals surface area contributed by atoms with Crippen LogP contribution in [0.5, 0.6) is 0 Å². The number of H-pyrrole nitrogens is 1. The molecule has 2 N–H and O–H groups in total. The number of thioether (sulfide) groups is 1. The van der Waals surface area contributed by atoms with Crippen molar-refractivity contribution in [1.82, 2.24) is 24.7 Å². The Morgan fingerprint density at radius 1 is 1.28 bits per heavy atom. The molecule has 0 saturated heterocycles. The number of aromatic amines is 1. The van der Waals surface area contributed by atoms with Crippen LogP contribution in [0.1, 0.15) is 49.3 Å². The minimum atomic E-state index is -0.635. The molecule has 150 valence electrons. The van der Waals surface area contributed by atoms with Crippen LogP contribution in [0.15, 0.2) is 35.2 Å². The second kappa shape index (κ2) is 7.22. The van der Waals surface area contributed by atoms with Crippen LogP contribution in [0.3, 0.4) is 0 Å². The highest BCUT2D eigenvalue weighted by molar-refractivity contribution is 7.99. The topological polar surface area (TPSA) is 106 Å². The van der Waals surface area contributed by atoms with E-state index in [4.69, 9.17) is 4.74 Å². The van der Waals surface area contributed by atoms with Crippen LogP contribution in [0.4, 0.5) is 0 Å². The number of methoxy groups -OCH3 is 1. The summed E-state index contributed by atoms with van der Waals surface area (Å²) < 4.78 is 7.11. The number of carbonyl (C=O) groups excluding carboxylic acids is 1. The first-order valence-electron chi connectivity index (χ1n) is 9.69. The molecule has 0 aliphatic heterocycles. The van der Waals surface area contributed by atoms with Gasteiger partial charge in [-0.3, -0.25) is 0 Å². The van der Waals surface area contributed by atoms with Crippen molar-refractivity contribution in [2.24, 2.45) is 0 Å². The molecular formula is C20H21N5O3S. The molecule has 0 spiro atoms. The van der Waals surface area contributed by atoms with Crippen LogP contribution in [0.2, 0.25) is 0 Å². The number of fused-ring (bicyclic) bond motifs is 1. The van der Waals surface area contributed by atoms with Crippen LogP contribution < -0.4 is 0 Å². The maximum absolute atomic E-state index is 12.4. The summed E-state index contributed by atoms with van der Waals surface area (Å²) in [7, 11) is 1.29. The fraction of sp³-hybridized carbons (Fsp3) is 0.400. The third kappa shape index (κ3) is 3.50. The number of aromatic nitrogens is 5. The smallest absolute Gasteiger partial charge is 0.345 e. The van der Waals surface area contributed by atoms with Gasteiger partial charge in [-0.25, -0.2) is 9.78 Å². The maximum Gasteiger partial charge on any atom is 0.345 e. The molecule has 0 bridgehead atoms. The maximum atomic E-state index is 12.4. The lowest BCUT2D eigenvalue weighted by Crippen LogP contribution is -2.10. The van der Waals surface area contributed by atoms with Crippen LogP contribution >= 0.6 is 11.8 Å². The second-order valence-electron chi connectivity index (χ2n) is 7.42. The van der Waals surface area contributed by atoms with Crippen molar-refractivity contribution < 1.29 is 14.6 Å². The number of imidazole rings is 1. The summed E-state index contributed by atoms with van der Waals surface area (Å²) in [5, 5.41) is 20.3. The lowest BCUT2D eigenvalue weighted by atomic mass is 10.2. The zero-order valence-corrected chi connectivity index (χ0v) is 16.8.